The molecule has 0 spiro atoms. The first-order valence-corrected chi connectivity index (χ1v) is 7.59. The Kier molecular flexibility index (Phi) is 7.56. The van der Waals surface area contributed by atoms with Crippen LogP contribution in [-0.2, 0) is 9.59 Å². The average molecular weight is 299 g/mol. The summed E-state index contributed by atoms with van der Waals surface area (Å²) in [4.78, 5) is 36.3. The smallest absolute Gasteiger partial charge is 0.326 e. The molecule has 1 aliphatic heterocycles. The van der Waals surface area contributed by atoms with Gasteiger partial charge in [-0.05, 0) is 19.3 Å². The largest absolute Gasteiger partial charge is 0.480 e. The van der Waals surface area contributed by atoms with Crippen LogP contribution in [0.5, 0.6) is 0 Å². The Morgan fingerprint density at radius 1 is 1.14 bits per heavy atom. The number of carboxylic acids is 1. The summed E-state index contributed by atoms with van der Waals surface area (Å²) in [6.07, 6.45) is 5.28. The normalized spacial score (nSPS) is 16.7. The average Bonchev–Trinajstić information content (AvgIpc) is 2.73. The van der Waals surface area contributed by atoms with Gasteiger partial charge in [0.05, 0.1) is 6.54 Å². The molecule has 0 aromatic rings. The van der Waals surface area contributed by atoms with Crippen molar-refractivity contribution in [3.63, 3.8) is 0 Å². The summed E-state index contributed by atoms with van der Waals surface area (Å²) in [7, 11) is 0. The molecule has 0 aliphatic carbocycles. The lowest BCUT2D eigenvalue weighted by atomic mass is 10.2. The van der Waals surface area contributed by atoms with Crippen molar-refractivity contribution >= 4 is 17.9 Å². The summed E-state index contributed by atoms with van der Waals surface area (Å²) in [5, 5.41) is 13.8. The molecule has 7 nitrogen and oxygen atoms in total. The highest BCUT2D eigenvalue weighted by Gasteiger charge is 2.20. The van der Waals surface area contributed by atoms with E-state index in [0.29, 0.717) is 12.8 Å². The number of nitrogens with zero attached hydrogens (tertiary/aromatic N) is 1. The van der Waals surface area contributed by atoms with Crippen LogP contribution in [-0.4, -0.2) is 53.6 Å². The van der Waals surface area contributed by atoms with Gasteiger partial charge in [0.2, 0.25) is 5.91 Å². The predicted molar refractivity (Wildman–Crippen MR) is 77.9 cm³/mol. The van der Waals surface area contributed by atoms with Crippen molar-refractivity contribution < 1.29 is 19.5 Å². The van der Waals surface area contributed by atoms with Crippen LogP contribution in [0.15, 0.2) is 0 Å². The van der Waals surface area contributed by atoms with E-state index in [9.17, 15) is 14.4 Å². The number of likely N-dealkylation sites (tertiary alicyclic amines) is 1. The molecule has 1 unspecified atom stereocenters. The summed E-state index contributed by atoms with van der Waals surface area (Å²) < 4.78 is 0. The van der Waals surface area contributed by atoms with Crippen molar-refractivity contribution in [2.45, 2.75) is 51.5 Å². The molecule has 3 N–H and O–H groups in total. The fourth-order valence-electron chi connectivity index (χ4n) is 2.34. The Bertz CT molecular complexity index is 365. The molecule has 0 radical (unpaired) electrons. The number of aliphatic carboxylic acids is 1. The van der Waals surface area contributed by atoms with Gasteiger partial charge in [-0.1, -0.05) is 26.2 Å². The lowest BCUT2D eigenvalue weighted by Gasteiger charge is -2.21. The van der Waals surface area contributed by atoms with Gasteiger partial charge in [-0.3, -0.25) is 4.79 Å². The van der Waals surface area contributed by atoms with E-state index in [2.05, 4.69) is 10.6 Å². The topological polar surface area (TPSA) is 98.7 Å². The van der Waals surface area contributed by atoms with Crippen molar-refractivity contribution in [1.29, 1.82) is 0 Å². The molecule has 120 valence electrons. The standard InChI is InChI=1S/C14H25N3O4/c1-2-7-11(13(19)20)16-14(21)15-10-12(18)17-8-5-3-4-6-9-17/h11H,2-10H2,1H3,(H,19,20)(H2,15,16,21). The van der Waals surface area contributed by atoms with E-state index >= 15 is 0 Å². The number of hydrogen-bond donors (Lipinski definition) is 3. The summed E-state index contributed by atoms with van der Waals surface area (Å²) in [6, 6.07) is -1.53. The quantitative estimate of drug-likeness (QED) is 0.679. The maximum absolute atomic E-state index is 12.0. The van der Waals surface area contributed by atoms with Crippen LogP contribution in [0.4, 0.5) is 4.79 Å². The van der Waals surface area contributed by atoms with E-state index in [1.54, 1.807) is 4.90 Å². The van der Waals surface area contributed by atoms with E-state index in [-0.39, 0.29) is 12.5 Å². The van der Waals surface area contributed by atoms with Gasteiger partial charge in [0.15, 0.2) is 0 Å². The van der Waals surface area contributed by atoms with Gasteiger partial charge in [-0.2, -0.15) is 0 Å². The summed E-state index contributed by atoms with van der Waals surface area (Å²) in [6.45, 7) is 3.22. The molecule has 1 rings (SSSR count). The van der Waals surface area contributed by atoms with Gasteiger partial charge in [0.25, 0.3) is 0 Å². The maximum Gasteiger partial charge on any atom is 0.326 e. The Morgan fingerprint density at radius 2 is 1.76 bits per heavy atom. The minimum atomic E-state index is -1.06. The molecule has 1 aliphatic rings. The number of hydrogen-bond acceptors (Lipinski definition) is 3. The molecular weight excluding hydrogens is 274 g/mol. The van der Waals surface area contributed by atoms with E-state index in [1.165, 1.54) is 0 Å². The third kappa shape index (κ3) is 6.46. The number of nitrogens with one attached hydrogen (secondary N) is 2. The molecule has 7 heteroatoms. The molecule has 1 saturated heterocycles. The van der Waals surface area contributed by atoms with Gasteiger partial charge in [0, 0.05) is 13.1 Å². The van der Waals surface area contributed by atoms with Crippen LogP contribution in [0.2, 0.25) is 0 Å². The molecule has 3 amide bonds. The van der Waals surface area contributed by atoms with Gasteiger partial charge in [0.1, 0.15) is 6.04 Å². The lowest BCUT2D eigenvalue weighted by Crippen LogP contribution is -2.49. The molecule has 0 bridgehead atoms. The number of urea groups is 1. The van der Waals surface area contributed by atoms with E-state index < -0.39 is 18.0 Å². The van der Waals surface area contributed by atoms with E-state index in [4.69, 9.17) is 5.11 Å². The highest BCUT2D eigenvalue weighted by molar-refractivity contribution is 5.86. The summed E-state index contributed by atoms with van der Waals surface area (Å²) in [5.41, 5.74) is 0. The molecule has 0 saturated carbocycles. The second-order valence-corrected chi connectivity index (χ2v) is 5.30. The maximum atomic E-state index is 12.0. The molecule has 21 heavy (non-hydrogen) atoms. The highest BCUT2D eigenvalue weighted by atomic mass is 16.4. The SMILES string of the molecule is CCCC(NC(=O)NCC(=O)N1CCCCCC1)C(=O)O. The first-order valence-electron chi connectivity index (χ1n) is 7.59. The number of rotatable bonds is 6. The molecule has 1 atom stereocenters. The monoisotopic (exact) mass is 299 g/mol. The summed E-state index contributed by atoms with van der Waals surface area (Å²) in [5.74, 6) is -1.18. The Labute approximate surface area is 125 Å². The Balaban J connectivity index is 2.33. The zero-order valence-electron chi connectivity index (χ0n) is 12.6. The van der Waals surface area contributed by atoms with Crippen molar-refractivity contribution in [3.05, 3.63) is 0 Å². The van der Waals surface area contributed by atoms with E-state index in [0.717, 1.165) is 38.8 Å². The number of carbonyl (C=O) groups is 3. The zero-order chi connectivity index (χ0) is 15.7. The second kappa shape index (κ2) is 9.20. The van der Waals surface area contributed by atoms with Crippen LogP contribution in [0.1, 0.15) is 45.4 Å². The number of carboxylic acid groups (broad SMARTS) is 1. The van der Waals surface area contributed by atoms with Crippen molar-refractivity contribution in [2.75, 3.05) is 19.6 Å². The molecule has 0 aromatic heterocycles. The molecular formula is C14H25N3O4. The van der Waals surface area contributed by atoms with Crippen LogP contribution >= 0.6 is 0 Å². The van der Waals surface area contributed by atoms with Crippen LogP contribution in [0, 0.1) is 0 Å². The van der Waals surface area contributed by atoms with E-state index in [1.807, 2.05) is 6.92 Å². The fourth-order valence-corrected chi connectivity index (χ4v) is 2.34. The number of amides is 3. The van der Waals surface area contributed by atoms with Crippen LogP contribution in [0.25, 0.3) is 0 Å². The second-order valence-electron chi connectivity index (χ2n) is 5.30. The lowest BCUT2D eigenvalue weighted by molar-refractivity contribution is -0.139. The van der Waals surface area contributed by atoms with Gasteiger partial charge >= 0.3 is 12.0 Å². The molecule has 1 heterocycles. The third-order valence-corrected chi connectivity index (χ3v) is 3.54. The third-order valence-electron chi connectivity index (χ3n) is 3.54. The minimum Gasteiger partial charge on any atom is -0.480 e. The first kappa shape index (κ1) is 17.3. The predicted octanol–water partition coefficient (Wildman–Crippen LogP) is 0.941. The van der Waals surface area contributed by atoms with Gasteiger partial charge in [-0.15, -0.1) is 0 Å². The molecule has 0 aromatic carbocycles. The Hall–Kier alpha value is -1.79. The first-order chi connectivity index (χ1) is 10.0. The van der Waals surface area contributed by atoms with Crippen LogP contribution in [0.3, 0.4) is 0 Å². The summed E-state index contributed by atoms with van der Waals surface area (Å²) >= 11 is 0. The minimum absolute atomic E-state index is 0.0930. The van der Waals surface area contributed by atoms with Gasteiger partial charge in [-0.25, -0.2) is 9.59 Å². The highest BCUT2D eigenvalue weighted by Crippen LogP contribution is 2.09. The van der Waals surface area contributed by atoms with Crippen molar-refractivity contribution in [3.8, 4) is 0 Å². The van der Waals surface area contributed by atoms with Gasteiger partial charge < -0.3 is 20.6 Å². The zero-order valence-corrected chi connectivity index (χ0v) is 12.6. The van der Waals surface area contributed by atoms with Crippen molar-refractivity contribution in [2.24, 2.45) is 0 Å². The Morgan fingerprint density at radius 3 is 2.29 bits per heavy atom. The fraction of sp³-hybridized carbons (Fsp3) is 0.786. The number of carbonyl (C=O) groups excluding carboxylic acids is 2. The molecule has 1 fully saturated rings. The van der Waals surface area contributed by atoms with Crippen LogP contribution < -0.4 is 10.6 Å². The van der Waals surface area contributed by atoms with Crippen molar-refractivity contribution in [1.82, 2.24) is 15.5 Å².